The minimum Gasteiger partial charge on any atom is -0.328 e. The van der Waals surface area contributed by atoms with E-state index in [4.69, 9.17) is 16.9 Å². The SMILES string of the molecule is C=Cc1c[nH]c(=O)c(C(=O)Nc2cccc(Cl)c2C#N)c1. The third-order valence-corrected chi connectivity index (χ3v) is 3.09. The third kappa shape index (κ3) is 3.02. The Morgan fingerprint density at radius 1 is 1.48 bits per heavy atom. The smallest absolute Gasteiger partial charge is 0.261 e. The number of hydrogen-bond donors (Lipinski definition) is 2. The van der Waals surface area contributed by atoms with E-state index in [1.165, 1.54) is 24.4 Å². The molecule has 0 fully saturated rings. The monoisotopic (exact) mass is 299 g/mol. The van der Waals surface area contributed by atoms with E-state index in [9.17, 15) is 9.59 Å². The summed E-state index contributed by atoms with van der Waals surface area (Å²) in [5.41, 5.74) is 0.392. The number of aromatic nitrogens is 1. The van der Waals surface area contributed by atoms with Gasteiger partial charge < -0.3 is 10.3 Å². The highest BCUT2D eigenvalue weighted by molar-refractivity contribution is 6.32. The van der Waals surface area contributed by atoms with E-state index < -0.39 is 11.5 Å². The Hall–Kier alpha value is -2.84. The molecule has 104 valence electrons. The van der Waals surface area contributed by atoms with Gasteiger partial charge in [0.2, 0.25) is 0 Å². The summed E-state index contributed by atoms with van der Waals surface area (Å²) in [5.74, 6) is -0.626. The molecule has 2 N–H and O–H groups in total. The summed E-state index contributed by atoms with van der Waals surface area (Å²) >= 11 is 5.88. The lowest BCUT2D eigenvalue weighted by molar-refractivity contribution is 0.102. The molecule has 1 heterocycles. The lowest BCUT2D eigenvalue weighted by Crippen LogP contribution is -2.23. The second kappa shape index (κ2) is 6.07. The molecular formula is C15H10ClN3O2. The van der Waals surface area contributed by atoms with E-state index >= 15 is 0 Å². The van der Waals surface area contributed by atoms with Crippen LogP contribution in [-0.2, 0) is 0 Å². The zero-order valence-corrected chi connectivity index (χ0v) is 11.6. The van der Waals surface area contributed by atoms with Gasteiger partial charge in [-0.1, -0.05) is 30.3 Å². The highest BCUT2D eigenvalue weighted by Gasteiger charge is 2.14. The van der Waals surface area contributed by atoms with Crippen LogP contribution in [0.4, 0.5) is 5.69 Å². The molecule has 21 heavy (non-hydrogen) atoms. The number of benzene rings is 1. The summed E-state index contributed by atoms with van der Waals surface area (Å²) in [5, 5.41) is 11.8. The van der Waals surface area contributed by atoms with Crippen LogP contribution in [0.15, 0.2) is 41.8 Å². The highest BCUT2D eigenvalue weighted by Crippen LogP contribution is 2.23. The summed E-state index contributed by atoms with van der Waals surface area (Å²) in [6, 6.07) is 8.00. The topological polar surface area (TPSA) is 85.8 Å². The van der Waals surface area contributed by atoms with Crippen LogP contribution in [0.5, 0.6) is 0 Å². The standard InChI is InChI=1S/C15H10ClN3O2/c1-2-9-6-10(14(20)18-8-9)15(21)19-13-5-3-4-12(16)11(13)7-17/h2-6,8H,1H2,(H,18,20)(H,19,21). The van der Waals surface area contributed by atoms with Crippen molar-refractivity contribution in [1.82, 2.24) is 4.98 Å². The van der Waals surface area contributed by atoms with Crippen LogP contribution in [0, 0.1) is 11.3 Å². The van der Waals surface area contributed by atoms with Gasteiger partial charge in [-0.3, -0.25) is 9.59 Å². The van der Waals surface area contributed by atoms with Gasteiger partial charge in [-0.2, -0.15) is 5.26 Å². The molecular weight excluding hydrogens is 290 g/mol. The molecule has 0 aliphatic heterocycles. The van der Waals surface area contributed by atoms with Gasteiger partial charge in [0.1, 0.15) is 11.6 Å². The Kier molecular flexibility index (Phi) is 4.21. The van der Waals surface area contributed by atoms with E-state index in [0.29, 0.717) is 5.56 Å². The van der Waals surface area contributed by atoms with Gasteiger partial charge in [-0.05, 0) is 23.8 Å². The van der Waals surface area contributed by atoms with Gasteiger partial charge in [-0.25, -0.2) is 0 Å². The van der Waals surface area contributed by atoms with Crippen LogP contribution in [0.25, 0.3) is 6.08 Å². The van der Waals surface area contributed by atoms with Crippen LogP contribution >= 0.6 is 11.6 Å². The number of carbonyl (C=O) groups is 1. The van der Waals surface area contributed by atoms with Crippen molar-refractivity contribution >= 4 is 29.3 Å². The molecule has 2 rings (SSSR count). The zero-order valence-electron chi connectivity index (χ0n) is 10.8. The maximum atomic E-state index is 12.2. The molecule has 0 radical (unpaired) electrons. The van der Waals surface area contributed by atoms with Crippen molar-refractivity contribution < 1.29 is 4.79 Å². The van der Waals surface area contributed by atoms with Crippen molar-refractivity contribution in [2.24, 2.45) is 0 Å². The molecule has 0 aliphatic rings. The predicted molar refractivity (Wildman–Crippen MR) is 81.3 cm³/mol. The number of pyridine rings is 1. The molecule has 0 unspecified atom stereocenters. The van der Waals surface area contributed by atoms with Crippen molar-refractivity contribution in [3.05, 3.63) is 69.1 Å². The first-order valence-electron chi connectivity index (χ1n) is 5.92. The van der Waals surface area contributed by atoms with Crippen molar-refractivity contribution in [3.63, 3.8) is 0 Å². The first kappa shape index (κ1) is 14.6. The summed E-state index contributed by atoms with van der Waals surface area (Å²) in [6.07, 6.45) is 2.96. The number of nitrogens with one attached hydrogen (secondary N) is 2. The molecule has 1 aromatic carbocycles. The molecule has 5 nitrogen and oxygen atoms in total. The first-order chi connectivity index (χ1) is 10.1. The maximum Gasteiger partial charge on any atom is 0.261 e. The molecule has 0 saturated carbocycles. The van der Waals surface area contributed by atoms with Crippen molar-refractivity contribution in [2.45, 2.75) is 0 Å². The van der Waals surface area contributed by atoms with Crippen molar-refractivity contribution in [1.29, 1.82) is 5.26 Å². The lowest BCUT2D eigenvalue weighted by atomic mass is 10.1. The highest BCUT2D eigenvalue weighted by atomic mass is 35.5. The number of hydrogen-bond acceptors (Lipinski definition) is 3. The molecule has 6 heteroatoms. The molecule has 0 spiro atoms. The number of carbonyl (C=O) groups excluding carboxylic acids is 1. The Morgan fingerprint density at radius 2 is 2.24 bits per heavy atom. The van der Waals surface area contributed by atoms with Crippen LogP contribution < -0.4 is 10.9 Å². The van der Waals surface area contributed by atoms with Gasteiger partial charge >= 0.3 is 0 Å². The Morgan fingerprint density at radius 3 is 2.90 bits per heavy atom. The van der Waals surface area contributed by atoms with Crippen molar-refractivity contribution in [2.75, 3.05) is 5.32 Å². The number of amides is 1. The number of rotatable bonds is 3. The summed E-state index contributed by atoms with van der Waals surface area (Å²) < 4.78 is 0. The average Bonchev–Trinajstić information content (AvgIpc) is 2.48. The van der Waals surface area contributed by atoms with Crippen LogP contribution in [0.1, 0.15) is 21.5 Å². The van der Waals surface area contributed by atoms with E-state index in [2.05, 4.69) is 16.9 Å². The molecule has 0 aliphatic carbocycles. The lowest BCUT2D eigenvalue weighted by Gasteiger charge is -2.08. The number of anilines is 1. The molecule has 1 aromatic heterocycles. The fraction of sp³-hybridized carbons (Fsp3) is 0. The number of nitrogens with zero attached hydrogens (tertiary/aromatic N) is 1. The number of nitriles is 1. The minimum atomic E-state index is -0.626. The Labute approximate surface area is 125 Å². The van der Waals surface area contributed by atoms with Crippen LogP contribution in [0.3, 0.4) is 0 Å². The van der Waals surface area contributed by atoms with Gasteiger partial charge in [0.15, 0.2) is 0 Å². The van der Waals surface area contributed by atoms with E-state index in [1.807, 2.05) is 6.07 Å². The van der Waals surface area contributed by atoms with Gasteiger partial charge in [-0.15, -0.1) is 0 Å². The summed E-state index contributed by atoms with van der Waals surface area (Å²) in [6.45, 7) is 3.57. The average molecular weight is 300 g/mol. The number of aromatic amines is 1. The molecule has 0 bridgehead atoms. The minimum absolute atomic E-state index is 0.0729. The fourth-order valence-corrected chi connectivity index (χ4v) is 1.94. The number of halogens is 1. The maximum absolute atomic E-state index is 12.2. The molecule has 0 saturated heterocycles. The van der Waals surface area contributed by atoms with Gasteiger partial charge in [0, 0.05) is 6.20 Å². The molecule has 2 aromatic rings. The Bertz CT molecular complexity index is 818. The zero-order chi connectivity index (χ0) is 15.4. The number of H-pyrrole nitrogens is 1. The van der Waals surface area contributed by atoms with Crippen molar-refractivity contribution in [3.8, 4) is 6.07 Å². The van der Waals surface area contributed by atoms with E-state index in [-0.39, 0.29) is 21.8 Å². The normalized spacial score (nSPS) is 9.71. The quantitative estimate of drug-likeness (QED) is 0.913. The van der Waals surface area contributed by atoms with Crippen LogP contribution in [0.2, 0.25) is 5.02 Å². The largest absolute Gasteiger partial charge is 0.328 e. The molecule has 0 atom stereocenters. The second-order valence-electron chi connectivity index (χ2n) is 4.11. The second-order valence-corrected chi connectivity index (χ2v) is 4.52. The molecule has 1 amide bonds. The van der Waals surface area contributed by atoms with E-state index in [1.54, 1.807) is 12.1 Å². The summed E-state index contributed by atoms with van der Waals surface area (Å²) in [4.78, 5) is 26.3. The van der Waals surface area contributed by atoms with Gasteiger partial charge in [0.25, 0.3) is 11.5 Å². The summed E-state index contributed by atoms with van der Waals surface area (Å²) in [7, 11) is 0. The van der Waals surface area contributed by atoms with Crippen LogP contribution in [-0.4, -0.2) is 10.9 Å². The van der Waals surface area contributed by atoms with Gasteiger partial charge in [0.05, 0.1) is 16.3 Å². The predicted octanol–water partition coefficient (Wildman–Crippen LogP) is 2.80. The fourth-order valence-electron chi connectivity index (χ4n) is 1.72. The van der Waals surface area contributed by atoms with E-state index in [0.717, 1.165) is 0 Å². The Balaban J connectivity index is 2.40. The third-order valence-electron chi connectivity index (χ3n) is 2.78. The first-order valence-corrected chi connectivity index (χ1v) is 6.29.